The first kappa shape index (κ1) is 36.5. The molecule has 0 saturated carbocycles. The number of para-hydroxylation sites is 2. The van der Waals surface area contributed by atoms with E-state index in [4.69, 9.17) is 0 Å². The molecule has 0 N–H and O–H groups in total. The Morgan fingerprint density at radius 1 is 0.714 bits per heavy atom. The van der Waals surface area contributed by atoms with E-state index in [1.54, 1.807) is 6.92 Å². The second kappa shape index (κ2) is 14.6. The maximum absolute atomic E-state index is 13.0. The van der Waals surface area contributed by atoms with Crippen molar-refractivity contribution >= 4 is 73.8 Å². The molecule has 258 valence electrons. The Kier molecular flexibility index (Phi) is 10.9. The summed E-state index contributed by atoms with van der Waals surface area (Å²) in [6.45, 7) is 3.59. The average molecular weight is 755 g/mol. The molecule has 2 aromatic carbocycles. The van der Waals surface area contributed by atoms with E-state index in [2.05, 4.69) is 28.7 Å². The summed E-state index contributed by atoms with van der Waals surface area (Å²) in [6, 6.07) is 19.9. The molecule has 7 nitrogen and oxygen atoms in total. The third kappa shape index (κ3) is 9.06. The summed E-state index contributed by atoms with van der Waals surface area (Å²) in [6.07, 6.45) is -3.10. The largest absolute Gasteiger partial charge is 0.433 e. The fourth-order valence-electron chi connectivity index (χ4n) is 4.31. The molecule has 0 saturated heterocycles. The highest BCUT2D eigenvalue weighted by atomic mass is 32.2. The van der Waals surface area contributed by atoms with Gasteiger partial charge in [-0.25, -0.2) is 14.2 Å². The number of fused-ring (bicyclic) bond motifs is 2. The third-order valence-electron chi connectivity index (χ3n) is 7.31. The lowest BCUT2D eigenvalue weighted by atomic mass is 10.2. The zero-order valence-corrected chi connectivity index (χ0v) is 29.5. The van der Waals surface area contributed by atoms with Crippen molar-refractivity contribution in [3.8, 4) is 0 Å². The van der Waals surface area contributed by atoms with Crippen molar-refractivity contribution in [3.63, 3.8) is 0 Å². The molecule has 0 radical (unpaired) electrons. The topological polar surface area (TPSA) is 93.3 Å². The van der Waals surface area contributed by atoms with Crippen LogP contribution in [0.1, 0.15) is 46.9 Å². The molecular formula is C32H28F6N6OS4. The molecule has 49 heavy (non-hydrogen) atoms. The molecule has 0 aliphatic carbocycles. The minimum atomic E-state index is -4.50. The maximum atomic E-state index is 13.0. The van der Waals surface area contributed by atoms with Crippen LogP contribution in [0.4, 0.5) is 36.6 Å². The smallest absolute Gasteiger partial charge is 0.251 e. The van der Waals surface area contributed by atoms with Gasteiger partial charge in [0.25, 0.3) is 0 Å². The number of nitrogens with zero attached hydrogens (tertiary/aromatic N) is 6. The van der Waals surface area contributed by atoms with E-state index in [9.17, 15) is 30.6 Å². The van der Waals surface area contributed by atoms with E-state index in [1.165, 1.54) is 47.3 Å². The Morgan fingerprint density at radius 3 is 1.65 bits per heavy atom. The summed E-state index contributed by atoms with van der Waals surface area (Å²) in [5.41, 5.74) is 0.989. The predicted molar refractivity (Wildman–Crippen MR) is 186 cm³/mol. The van der Waals surface area contributed by atoms with Crippen molar-refractivity contribution < 1.29 is 30.6 Å². The number of hydrogen-bond donors (Lipinski definition) is 0. The van der Waals surface area contributed by atoms with E-state index < -0.39 is 49.4 Å². The highest BCUT2D eigenvalue weighted by Gasteiger charge is 2.33. The zero-order valence-electron chi connectivity index (χ0n) is 26.2. The second-order valence-electron chi connectivity index (χ2n) is 10.7. The van der Waals surface area contributed by atoms with Crippen LogP contribution in [0.3, 0.4) is 0 Å². The van der Waals surface area contributed by atoms with Crippen LogP contribution in [0.2, 0.25) is 0 Å². The number of thiazole rings is 2. The Hall–Kier alpha value is -3.80. The zero-order chi connectivity index (χ0) is 35.6. The molecule has 17 heteroatoms. The van der Waals surface area contributed by atoms with Gasteiger partial charge in [-0.3, -0.25) is 9.97 Å². The number of alkyl halides is 6. The minimum Gasteiger partial charge on any atom is -0.251 e. The van der Waals surface area contributed by atoms with Gasteiger partial charge in [0, 0.05) is 23.9 Å². The summed E-state index contributed by atoms with van der Waals surface area (Å²) >= 11 is 2.83. The molecule has 0 bridgehead atoms. The van der Waals surface area contributed by atoms with Crippen molar-refractivity contribution in [1.82, 2.24) is 19.9 Å². The Morgan fingerprint density at radius 2 is 1.18 bits per heavy atom. The van der Waals surface area contributed by atoms with Crippen molar-refractivity contribution in [2.75, 3.05) is 12.5 Å². The molecule has 0 aliphatic heterocycles. The first-order valence-electron chi connectivity index (χ1n) is 14.4. The first-order chi connectivity index (χ1) is 23.0. The number of rotatable bonds is 6. The van der Waals surface area contributed by atoms with Gasteiger partial charge in [-0.2, -0.15) is 35.1 Å². The molecule has 0 fully saturated rings. The van der Waals surface area contributed by atoms with E-state index in [0.29, 0.717) is 15.8 Å². The van der Waals surface area contributed by atoms with Gasteiger partial charge in [-0.05, 0) is 67.6 Å². The van der Waals surface area contributed by atoms with Crippen LogP contribution in [-0.4, -0.2) is 36.7 Å². The van der Waals surface area contributed by atoms with E-state index in [1.807, 2.05) is 61.7 Å². The fourth-order valence-corrected chi connectivity index (χ4v) is 8.95. The lowest BCUT2D eigenvalue weighted by Gasteiger charge is -2.14. The van der Waals surface area contributed by atoms with Crippen molar-refractivity contribution in [3.05, 3.63) is 108 Å². The highest BCUT2D eigenvalue weighted by molar-refractivity contribution is 7.93. The SMILES string of the molecule is CC(c1ccc(C(F)(F)F)nc1)S(C)(=O)=Nc1nc2ccccc2s1.CC(c1ccc(C(F)(F)F)nc1)S(C)=Nc1nc2ccccc2s1. The lowest BCUT2D eigenvalue weighted by molar-refractivity contribution is -0.142. The highest BCUT2D eigenvalue weighted by Crippen LogP contribution is 2.34. The fraction of sp³-hybridized carbons (Fsp3) is 0.250. The monoisotopic (exact) mass is 754 g/mol. The molecule has 4 atom stereocenters. The summed E-state index contributed by atoms with van der Waals surface area (Å²) < 4.78 is 99.4. The van der Waals surface area contributed by atoms with Crippen LogP contribution in [0.5, 0.6) is 0 Å². The first-order valence-corrected chi connectivity index (χ1v) is 19.6. The summed E-state index contributed by atoms with van der Waals surface area (Å²) in [5, 5.41) is 0.454. The third-order valence-corrected chi connectivity index (χ3v) is 13.3. The normalized spacial score (nSPS) is 15.3. The number of pyridine rings is 2. The van der Waals surface area contributed by atoms with Crippen LogP contribution in [0, 0.1) is 0 Å². The molecule has 6 aromatic rings. The van der Waals surface area contributed by atoms with Crippen LogP contribution < -0.4 is 0 Å². The summed E-state index contributed by atoms with van der Waals surface area (Å²) in [4.78, 5) is 15.7. The van der Waals surface area contributed by atoms with Gasteiger partial charge >= 0.3 is 12.4 Å². The van der Waals surface area contributed by atoms with E-state index in [0.717, 1.165) is 44.3 Å². The van der Waals surface area contributed by atoms with Gasteiger partial charge in [0.2, 0.25) is 10.3 Å². The van der Waals surface area contributed by atoms with Gasteiger partial charge < -0.3 is 0 Å². The second-order valence-corrected chi connectivity index (χ2v) is 17.3. The molecule has 4 unspecified atom stereocenters. The van der Waals surface area contributed by atoms with Crippen molar-refractivity contribution in [2.24, 2.45) is 8.73 Å². The van der Waals surface area contributed by atoms with Crippen LogP contribution in [0.15, 0.2) is 93.9 Å². The Bertz CT molecular complexity index is 2160. The van der Waals surface area contributed by atoms with E-state index >= 15 is 0 Å². The average Bonchev–Trinajstić information content (AvgIpc) is 3.66. The number of benzene rings is 2. The molecule has 4 heterocycles. The quantitative estimate of drug-likeness (QED) is 0.158. The predicted octanol–water partition coefficient (Wildman–Crippen LogP) is 10.7. The van der Waals surface area contributed by atoms with Gasteiger partial charge in [0.05, 0.1) is 35.4 Å². The summed E-state index contributed by atoms with van der Waals surface area (Å²) in [7, 11) is -3.18. The molecule has 6 rings (SSSR count). The standard InChI is InChI=1S/C16H14F3N3OS2.C16H14F3N3S2/c1-10(11-7-8-14(20-9-11)16(17,18)19)25(2,23)22-15-21-12-5-3-4-6-13(12)24-15;1-10(11-7-8-14(20-9-11)16(17,18)19)24(2)22-15-21-12-5-3-4-6-13(12)23-15/h3-10H,1-2H3;3-10H,1-2H3. The number of hydrogen-bond acceptors (Lipinski definition) is 9. The van der Waals surface area contributed by atoms with Gasteiger partial charge in [-0.15, -0.1) is 0 Å². The molecule has 0 aliphatic rings. The molecule has 4 aromatic heterocycles. The Balaban J connectivity index is 0.000000191. The number of aromatic nitrogens is 4. The molecule has 0 amide bonds. The van der Waals surface area contributed by atoms with Crippen molar-refractivity contribution in [2.45, 2.75) is 36.7 Å². The van der Waals surface area contributed by atoms with Crippen LogP contribution in [0.25, 0.3) is 20.4 Å². The maximum Gasteiger partial charge on any atom is 0.433 e. The molecular weight excluding hydrogens is 727 g/mol. The van der Waals surface area contributed by atoms with Crippen LogP contribution in [-0.2, 0) is 32.8 Å². The van der Waals surface area contributed by atoms with Gasteiger partial charge in [-0.1, -0.05) is 69.8 Å². The van der Waals surface area contributed by atoms with E-state index in [-0.39, 0.29) is 5.25 Å². The Labute approximate surface area is 288 Å². The minimum absolute atomic E-state index is 0.0354. The summed E-state index contributed by atoms with van der Waals surface area (Å²) in [5.74, 6) is 0. The van der Waals surface area contributed by atoms with Crippen LogP contribution >= 0.6 is 22.7 Å². The van der Waals surface area contributed by atoms with Crippen molar-refractivity contribution in [1.29, 1.82) is 0 Å². The number of halogens is 6. The molecule has 0 spiro atoms. The lowest BCUT2D eigenvalue weighted by Crippen LogP contribution is -2.11. The van der Waals surface area contributed by atoms with Gasteiger partial charge in [0.1, 0.15) is 11.4 Å². The van der Waals surface area contributed by atoms with Gasteiger partial charge in [0.15, 0.2) is 0 Å².